The van der Waals surface area contributed by atoms with Crippen molar-refractivity contribution >= 4 is 18.9 Å². The third-order valence-electron chi connectivity index (χ3n) is 3.66. The standard InChI is InChI=1S/C19H17NO2S/c1-12-3-7-14(8-4-12)17-18(15-9-5-13(2)6-10-15)22-19(20-17)16(23)11-21/h3-11,16,23H,1-2H3. The van der Waals surface area contributed by atoms with E-state index in [1.54, 1.807) is 0 Å². The minimum Gasteiger partial charge on any atom is -0.438 e. The van der Waals surface area contributed by atoms with Gasteiger partial charge in [0.2, 0.25) is 5.89 Å². The quantitative estimate of drug-likeness (QED) is 0.554. The number of carbonyl (C=O) groups excluding carboxylic acids is 1. The Morgan fingerprint density at radius 1 is 0.957 bits per heavy atom. The van der Waals surface area contributed by atoms with Crippen LogP contribution in [0.2, 0.25) is 0 Å². The molecule has 3 rings (SSSR count). The number of hydrogen-bond acceptors (Lipinski definition) is 4. The smallest absolute Gasteiger partial charge is 0.215 e. The second-order valence-electron chi connectivity index (χ2n) is 5.54. The summed E-state index contributed by atoms with van der Waals surface area (Å²) in [6.07, 6.45) is 0.715. The van der Waals surface area contributed by atoms with E-state index in [1.165, 1.54) is 11.1 Å². The molecule has 1 aromatic heterocycles. The Hall–Kier alpha value is -2.33. The number of aryl methyl sites for hydroxylation is 2. The van der Waals surface area contributed by atoms with Crippen LogP contribution in [0.3, 0.4) is 0 Å². The second-order valence-corrected chi connectivity index (χ2v) is 6.10. The van der Waals surface area contributed by atoms with E-state index in [9.17, 15) is 4.79 Å². The van der Waals surface area contributed by atoms with Gasteiger partial charge in [-0.25, -0.2) is 4.98 Å². The third-order valence-corrected chi connectivity index (χ3v) is 4.01. The van der Waals surface area contributed by atoms with Crippen molar-refractivity contribution in [3.8, 4) is 22.6 Å². The molecule has 4 heteroatoms. The molecular weight excluding hydrogens is 306 g/mol. The van der Waals surface area contributed by atoms with Crippen LogP contribution in [0.4, 0.5) is 0 Å². The maximum atomic E-state index is 11.0. The zero-order valence-electron chi connectivity index (χ0n) is 13.0. The molecule has 0 aliphatic carbocycles. The van der Waals surface area contributed by atoms with Crippen LogP contribution in [0, 0.1) is 13.8 Å². The molecule has 1 heterocycles. The maximum Gasteiger partial charge on any atom is 0.215 e. The van der Waals surface area contributed by atoms with E-state index in [2.05, 4.69) is 17.6 Å². The molecule has 2 aromatic carbocycles. The number of rotatable bonds is 4. The van der Waals surface area contributed by atoms with E-state index in [0.29, 0.717) is 17.9 Å². The molecule has 0 saturated heterocycles. The first-order valence-corrected chi connectivity index (χ1v) is 7.88. The molecule has 23 heavy (non-hydrogen) atoms. The fourth-order valence-corrected chi connectivity index (χ4v) is 2.44. The Morgan fingerprint density at radius 2 is 1.48 bits per heavy atom. The monoisotopic (exact) mass is 323 g/mol. The molecule has 3 aromatic rings. The first-order chi connectivity index (χ1) is 11.1. The summed E-state index contributed by atoms with van der Waals surface area (Å²) in [6, 6.07) is 16.1. The Kier molecular flexibility index (Phi) is 4.35. The van der Waals surface area contributed by atoms with Crippen molar-refractivity contribution in [2.45, 2.75) is 19.1 Å². The summed E-state index contributed by atoms with van der Waals surface area (Å²) in [6.45, 7) is 4.07. The highest BCUT2D eigenvalue weighted by Crippen LogP contribution is 2.35. The summed E-state index contributed by atoms with van der Waals surface area (Å²) in [5.41, 5.74) is 4.95. The van der Waals surface area contributed by atoms with Crippen molar-refractivity contribution in [3.05, 3.63) is 65.5 Å². The summed E-state index contributed by atoms with van der Waals surface area (Å²) in [5, 5.41) is -0.668. The molecule has 0 N–H and O–H groups in total. The number of thiol groups is 1. The van der Waals surface area contributed by atoms with Crippen molar-refractivity contribution in [1.82, 2.24) is 4.98 Å². The first-order valence-electron chi connectivity index (χ1n) is 7.36. The maximum absolute atomic E-state index is 11.0. The minimum atomic E-state index is -0.668. The number of carbonyl (C=O) groups is 1. The SMILES string of the molecule is Cc1ccc(-c2nc(C(S)C=O)oc2-c2ccc(C)cc2)cc1. The summed E-state index contributed by atoms with van der Waals surface area (Å²) in [4.78, 5) is 15.5. The highest BCUT2D eigenvalue weighted by molar-refractivity contribution is 7.81. The van der Waals surface area contributed by atoms with Gasteiger partial charge in [0.1, 0.15) is 17.2 Å². The second kappa shape index (κ2) is 6.42. The van der Waals surface area contributed by atoms with Crippen LogP contribution in [0.15, 0.2) is 52.9 Å². The van der Waals surface area contributed by atoms with Gasteiger partial charge >= 0.3 is 0 Å². The van der Waals surface area contributed by atoms with Crippen molar-refractivity contribution in [3.63, 3.8) is 0 Å². The summed E-state index contributed by atoms with van der Waals surface area (Å²) in [5.74, 6) is 0.972. The normalized spacial score (nSPS) is 12.1. The first kappa shape index (κ1) is 15.6. The number of benzene rings is 2. The van der Waals surface area contributed by atoms with Crippen LogP contribution in [0.1, 0.15) is 22.3 Å². The highest BCUT2D eigenvalue weighted by atomic mass is 32.1. The van der Waals surface area contributed by atoms with Crippen molar-refractivity contribution in [1.29, 1.82) is 0 Å². The molecule has 1 atom stereocenters. The molecule has 0 bridgehead atoms. The van der Waals surface area contributed by atoms with Gasteiger partial charge in [-0.05, 0) is 13.8 Å². The van der Waals surface area contributed by atoms with E-state index >= 15 is 0 Å². The van der Waals surface area contributed by atoms with Gasteiger partial charge in [-0.15, -0.1) is 0 Å². The highest BCUT2D eigenvalue weighted by Gasteiger charge is 2.20. The fourth-order valence-electron chi connectivity index (χ4n) is 2.33. The van der Waals surface area contributed by atoms with E-state index in [0.717, 1.165) is 16.8 Å². The van der Waals surface area contributed by atoms with Gasteiger partial charge in [0.15, 0.2) is 5.76 Å². The lowest BCUT2D eigenvalue weighted by Gasteiger charge is -2.03. The lowest BCUT2D eigenvalue weighted by Crippen LogP contribution is -1.91. The predicted octanol–water partition coefficient (Wildman–Crippen LogP) is 4.80. The fraction of sp³-hybridized carbons (Fsp3) is 0.158. The molecule has 0 amide bonds. The van der Waals surface area contributed by atoms with Crippen molar-refractivity contribution in [2.75, 3.05) is 0 Å². The third kappa shape index (κ3) is 3.22. The number of aldehydes is 1. The molecule has 0 aliphatic heterocycles. The Morgan fingerprint density at radius 3 is 2.00 bits per heavy atom. The molecule has 0 radical (unpaired) electrons. The molecule has 0 saturated carbocycles. The van der Waals surface area contributed by atoms with Gasteiger partial charge in [0.25, 0.3) is 0 Å². The zero-order valence-corrected chi connectivity index (χ0v) is 13.9. The molecule has 0 fully saturated rings. The Labute approximate surface area is 140 Å². The number of aromatic nitrogens is 1. The van der Waals surface area contributed by atoms with Crippen molar-refractivity contribution in [2.24, 2.45) is 0 Å². The van der Waals surface area contributed by atoms with E-state index < -0.39 is 5.25 Å². The van der Waals surface area contributed by atoms with Crippen LogP contribution >= 0.6 is 12.6 Å². The van der Waals surface area contributed by atoms with E-state index in [4.69, 9.17) is 4.42 Å². The van der Waals surface area contributed by atoms with Crippen LogP contribution in [0.5, 0.6) is 0 Å². The molecule has 116 valence electrons. The van der Waals surface area contributed by atoms with Gasteiger partial charge in [0.05, 0.1) is 0 Å². The van der Waals surface area contributed by atoms with Crippen LogP contribution in [-0.4, -0.2) is 11.3 Å². The van der Waals surface area contributed by atoms with Gasteiger partial charge in [-0.2, -0.15) is 12.6 Å². The molecule has 3 nitrogen and oxygen atoms in total. The van der Waals surface area contributed by atoms with E-state index in [-0.39, 0.29) is 0 Å². The van der Waals surface area contributed by atoms with Gasteiger partial charge in [-0.3, -0.25) is 0 Å². The Balaban J connectivity index is 2.16. The average Bonchev–Trinajstić information content (AvgIpc) is 3.01. The van der Waals surface area contributed by atoms with Gasteiger partial charge in [0, 0.05) is 11.1 Å². The number of hydrogen-bond donors (Lipinski definition) is 1. The lowest BCUT2D eigenvalue weighted by molar-refractivity contribution is -0.107. The lowest BCUT2D eigenvalue weighted by atomic mass is 10.0. The summed E-state index contributed by atoms with van der Waals surface area (Å²) < 4.78 is 5.86. The summed E-state index contributed by atoms with van der Waals surface area (Å²) >= 11 is 4.21. The minimum absolute atomic E-state index is 0.314. The summed E-state index contributed by atoms with van der Waals surface area (Å²) in [7, 11) is 0. The molecule has 0 aliphatic rings. The topological polar surface area (TPSA) is 43.1 Å². The molecule has 1 unspecified atom stereocenters. The largest absolute Gasteiger partial charge is 0.438 e. The average molecular weight is 323 g/mol. The number of oxazole rings is 1. The van der Waals surface area contributed by atoms with E-state index in [1.807, 2.05) is 62.4 Å². The van der Waals surface area contributed by atoms with Gasteiger partial charge < -0.3 is 9.21 Å². The predicted molar refractivity (Wildman–Crippen MR) is 94.6 cm³/mol. The van der Waals surface area contributed by atoms with Crippen molar-refractivity contribution < 1.29 is 9.21 Å². The molecular formula is C19H17NO2S. The zero-order chi connectivity index (χ0) is 16.4. The van der Waals surface area contributed by atoms with Gasteiger partial charge in [-0.1, -0.05) is 59.7 Å². The van der Waals surface area contributed by atoms with Crippen LogP contribution in [-0.2, 0) is 4.79 Å². The Bertz CT molecular complexity index is 757. The number of nitrogens with zero attached hydrogens (tertiary/aromatic N) is 1. The van der Waals surface area contributed by atoms with Crippen LogP contribution in [0.25, 0.3) is 22.6 Å². The van der Waals surface area contributed by atoms with Crippen LogP contribution < -0.4 is 0 Å². The molecule has 0 spiro atoms.